The highest BCUT2D eigenvalue weighted by Gasteiger charge is 2.20. The summed E-state index contributed by atoms with van der Waals surface area (Å²) in [7, 11) is 0. The quantitative estimate of drug-likeness (QED) is 0.876. The molecular formula is C18H18O2S. The second-order valence-corrected chi connectivity index (χ2v) is 6.28. The van der Waals surface area contributed by atoms with E-state index in [0.29, 0.717) is 6.61 Å². The molecule has 1 atom stereocenters. The van der Waals surface area contributed by atoms with Gasteiger partial charge in [-0.1, -0.05) is 36.1 Å². The molecule has 1 aliphatic rings. The summed E-state index contributed by atoms with van der Waals surface area (Å²) in [5.41, 5.74) is 2.77. The van der Waals surface area contributed by atoms with Gasteiger partial charge in [0.05, 0.1) is 17.6 Å². The van der Waals surface area contributed by atoms with Crippen LogP contribution in [0.3, 0.4) is 0 Å². The molecule has 1 aromatic heterocycles. The molecule has 0 spiro atoms. The summed E-state index contributed by atoms with van der Waals surface area (Å²) in [4.78, 5) is 2.16. The van der Waals surface area contributed by atoms with Gasteiger partial charge in [0.1, 0.15) is 6.61 Å². The van der Waals surface area contributed by atoms with Crippen LogP contribution in [0.1, 0.15) is 39.8 Å². The fraction of sp³-hybridized carbons (Fsp3) is 0.333. The lowest BCUT2D eigenvalue weighted by atomic mass is 9.89. The van der Waals surface area contributed by atoms with Crippen molar-refractivity contribution in [3.05, 3.63) is 57.3 Å². The summed E-state index contributed by atoms with van der Waals surface area (Å²) in [6.45, 7) is 0.535. The number of aryl methyl sites for hydroxylation is 1. The van der Waals surface area contributed by atoms with Gasteiger partial charge in [0.25, 0.3) is 0 Å². The monoisotopic (exact) mass is 298 g/mol. The van der Waals surface area contributed by atoms with Crippen molar-refractivity contribution >= 4 is 11.3 Å². The zero-order valence-corrected chi connectivity index (χ0v) is 12.7. The fourth-order valence-electron chi connectivity index (χ4n) is 2.71. The number of rotatable bonds is 3. The van der Waals surface area contributed by atoms with Crippen molar-refractivity contribution in [3.8, 4) is 11.8 Å². The molecule has 108 valence electrons. The van der Waals surface area contributed by atoms with Gasteiger partial charge >= 0.3 is 0 Å². The third-order valence-corrected chi connectivity index (χ3v) is 4.67. The van der Waals surface area contributed by atoms with Crippen LogP contribution in [0.25, 0.3) is 0 Å². The van der Waals surface area contributed by atoms with E-state index < -0.39 is 0 Å². The van der Waals surface area contributed by atoms with Gasteiger partial charge in [-0.3, -0.25) is 0 Å². The van der Waals surface area contributed by atoms with Crippen molar-refractivity contribution in [1.82, 2.24) is 0 Å². The highest BCUT2D eigenvalue weighted by molar-refractivity contribution is 7.12. The van der Waals surface area contributed by atoms with Crippen LogP contribution >= 0.6 is 11.3 Å². The summed E-state index contributed by atoms with van der Waals surface area (Å²) >= 11 is 1.63. The molecule has 3 rings (SSSR count). The van der Waals surface area contributed by atoms with Crippen molar-refractivity contribution in [2.75, 3.05) is 6.61 Å². The van der Waals surface area contributed by atoms with E-state index in [2.05, 4.69) is 42.2 Å². The minimum Gasteiger partial charge on any atom is -0.384 e. The number of fused-ring (bicyclic) bond motifs is 1. The summed E-state index contributed by atoms with van der Waals surface area (Å²) in [5, 5.41) is 8.71. The second kappa shape index (κ2) is 6.91. The van der Waals surface area contributed by atoms with Crippen molar-refractivity contribution in [3.63, 3.8) is 0 Å². The molecule has 21 heavy (non-hydrogen) atoms. The minimum atomic E-state index is -0.0947. The van der Waals surface area contributed by atoms with E-state index in [1.807, 2.05) is 6.07 Å². The van der Waals surface area contributed by atoms with Gasteiger partial charge in [-0.25, -0.2) is 0 Å². The SMILES string of the molecule is OCC#Cc1ccc(COC2CCCc3ccccc32)s1. The molecule has 0 aliphatic heterocycles. The van der Waals surface area contributed by atoms with Gasteiger partial charge in [-0.15, -0.1) is 11.3 Å². The molecule has 0 saturated carbocycles. The number of ether oxygens (including phenoxy) is 1. The van der Waals surface area contributed by atoms with Crippen molar-refractivity contribution in [2.24, 2.45) is 0 Å². The number of aliphatic hydroxyl groups is 1. The van der Waals surface area contributed by atoms with E-state index in [9.17, 15) is 0 Å². The Kier molecular flexibility index (Phi) is 4.72. The fourth-order valence-corrected chi connectivity index (χ4v) is 3.52. The first-order chi connectivity index (χ1) is 10.4. The van der Waals surface area contributed by atoms with Gasteiger partial charge in [0.2, 0.25) is 0 Å². The molecule has 1 N–H and O–H groups in total. The summed E-state index contributed by atoms with van der Waals surface area (Å²) in [6.07, 6.45) is 3.67. The Balaban J connectivity index is 1.65. The molecule has 0 radical (unpaired) electrons. The molecule has 0 saturated heterocycles. The summed E-state index contributed by atoms with van der Waals surface area (Å²) in [5.74, 6) is 5.60. The van der Waals surface area contributed by atoms with Crippen molar-refractivity contribution in [1.29, 1.82) is 0 Å². The molecular weight excluding hydrogens is 280 g/mol. The standard InChI is InChI=1S/C18H18O2S/c19-12-4-7-15-10-11-16(21-15)13-20-18-9-3-6-14-5-1-2-8-17(14)18/h1-2,5,8,10-11,18-19H,3,6,9,12-13H2. The molecule has 0 amide bonds. The van der Waals surface area contributed by atoms with Crippen LogP contribution < -0.4 is 0 Å². The van der Waals surface area contributed by atoms with E-state index in [4.69, 9.17) is 9.84 Å². The van der Waals surface area contributed by atoms with Crippen LogP contribution in [-0.4, -0.2) is 11.7 Å². The van der Waals surface area contributed by atoms with Crippen molar-refractivity contribution < 1.29 is 9.84 Å². The summed E-state index contributed by atoms with van der Waals surface area (Å²) < 4.78 is 6.13. The van der Waals surface area contributed by atoms with E-state index in [1.165, 1.54) is 22.4 Å². The number of aliphatic hydroxyl groups excluding tert-OH is 1. The lowest BCUT2D eigenvalue weighted by molar-refractivity contribution is 0.0298. The molecule has 2 aromatic rings. The zero-order chi connectivity index (χ0) is 14.5. The molecule has 0 bridgehead atoms. The third kappa shape index (κ3) is 3.54. The second-order valence-electron chi connectivity index (χ2n) is 5.12. The first kappa shape index (κ1) is 14.3. The Labute approximate surface area is 129 Å². The van der Waals surface area contributed by atoms with Crippen LogP contribution in [0.15, 0.2) is 36.4 Å². The number of thiophene rings is 1. The predicted molar refractivity (Wildman–Crippen MR) is 85.2 cm³/mol. The molecule has 1 unspecified atom stereocenters. The van der Waals surface area contributed by atoms with Gasteiger partial charge in [0, 0.05) is 4.88 Å². The Morgan fingerprint density at radius 1 is 1.24 bits per heavy atom. The van der Waals surface area contributed by atoms with Gasteiger partial charge in [-0.2, -0.15) is 0 Å². The molecule has 1 heterocycles. The Morgan fingerprint density at radius 3 is 3.05 bits per heavy atom. The average molecular weight is 298 g/mol. The lowest BCUT2D eigenvalue weighted by Crippen LogP contribution is -2.12. The van der Waals surface area contributed by atoms with Gasteiger partial charge in [-0.05, 0) is 42.5 Å². The average Bonchev–Trinajstić information content (AvgIpc) is 2.99. The van der Waals surface area contributed by atoms with Crippen LogP contribution in [0.5, 0.6) is 0 Å². The smallest absolute Gasteiger partial charge is 0.104 e. The Bertz CT molecular complexity index is 663. The van der Waals surface area contributed by atoms with Gasteiger partial charge < -0.3 is 9.84 Å². The maximum absolute atomic E-state index is 8.71. The van der Waals surface area contributed by atoms with Crippen LogP contribution in [-0.2, 0) is 17.8 Å². The normalized spacial score (nSPS) is 16.9. The van der Waals surface area contributed by atoms with E-state index >= 15 is 0 Å². The van der Waals surface area contributed by atoms with E-state index in [-0.39, 0.29) is 12.7 Å². The van der Waals surface area contributed by atoms with E-state index in [0.717, 1.165) is 17.7 Å². The van der Waals surface area contributed by atoms with Crippen LogP contribution in [0.4, 0.5) is 0 Å². The minimum absolute atomic E-state index is 0.0947. The highest BCUT2D eigenvalue weighted by Crippen LogP contribution is 2.33. The van der Waals surface area contributed by atoms with Crippen LogP contribution in [0, 0.1) is 11.8 Å². The highest BCUT2D eigenvalue weighted by atomic mass is 32.1. The molecule has 1 aromatic carbocycles. The maximum atomic E-state index is 8.71. The predicted octanol–water partition coefficient (Wildman–Crippen LogP) is 3.69. The largest absolute Gasteiger partial charge is 0.384 e. The number of hydrogen-bond acceptors (Lipinski definition) is 3. The topological polar surface area (TPSA) is 29.5 Å². The zero-order valence-electron chi connectivity index (χ0n) is 11.8. The third-order valence-electron chi connectivity index (χ3n) is 3.69. The number of benzene rings is 1. The molecule has 1 aliphatic carbocycles. The molecule has 3 heteroatoms. The Morgan fingerprint density at radius 2 is 2.14 bits per heavy atom. The van der Waals surface area contributed by atoms with Gasteiger partial charge in [0.15, 0.2) is 0 Å². The lowest BCUT2D eigenvalue weighted by Gasteiger charge is -2.25. The van der Waals surface area contributed by atoms with Crippen molar-refractivity contribution in [2.45, 2.75) is 32.0 Å². The molecule has 2 nitrogen and oxygen atoms in total. The van der Waals surface area contributed by atoms with Crippen LogP contribution in [0.2, 0.25) is 0 Å². The Hall–Kier alpha value is -1.60. The summed E-state index contributed by atoms with van der Waals surface area (Å²) in [6, 6.07) is 12.6. The maximum Gasteiger partial charge on any atom is 0.104 e. The number of hydrogen-bond donors (Lipinski definition) is 1. The van der Waals surface area contributed by atoms with E-state index in [1.54, 1.807) is 11.3 Å². The first-order valence-corrected chi connectivity index (χ1v) is 8.06. The molecule has 0 fully saturated rings. The first-order valence-electron chi connectivity index (χ1n) is 7.24.